The third kappa shape index (κ3) is 2.76. The lowest BCUT2D eigenvalue weighted by Gasteiger charge is -2.09. The van der Waals surface area contributed by atoms with Crippen molar-refractivity contribution in [3.05, 3.63) is 12.2 Å². The van der Waals surface area contributed by atoms with Gasteiger partial charge in [0.25, 0.3) is 10.2 Å². The average molecular weight is 205 g/mol. The molecule has 1 atom stereocenters. The van der Waals surface area contributed by atoms with Crippen LogP contribution in [0.1, 0.15) is 18.8 Å². The van der Waals surface area contributed by atoms with Crippen LogP contribution in [-0.4, -0.2) is 30.6 Å². The molecule has 1 aromatic rings. The Labute approximate surface area is 76.1 Å². The van der Waals surface area contributed by atoms with Crippen LogP contribution >= 0.6 is 0 Å². The smallest absolute Gasteiger partial charge is 0.262 e. The van der Waals surface area contributed by atoms with Crippen molar-refractivity contribution in [2.45, 2.75) is 13.0 Å². The van der Waals surface area contributed by atoms with Gasteiger partial charge in [0.15, 0.2) is 0 Å². The third-order valence-electron chi connectivity index (χ3n) is 1.44. The van der Waals surface area contributed by atoms with Crippen molar-refractivity contribution in [2.75, 3.05) is 7.05 Å². The van der Waals surface area contributed by atoms with Crippen LogP contribution in [0.4, 0.5) is 0 Å². The zero-order valence-electron chi connectivity index (χ0n) is 7.27. The van der Waals surface area contributed by atoms with Crippen LogP contribution in [0.3, 0.4) is 0 Å². The minimum Gasteiger partial charge on any atom is -0.262 e. The Balaban J connectivity index is 2.67. The highest BCUT2D eigenvalue weighted by Gasteiger charge is 2.14. The second-order valence-electron chi connectivity index (χ2n) is 2.42. The van der Waals surface area contributed by atoms with E-state index in [0.717, 1.165) is 0 Å². The predicted octanol–water partition coefficient (Wildman–Crippen LogP) is -1.08. The zero-order valence-corrected chi connectivity index (χ0v) is 8.09. The molecule has 74 valence electrons. The van der Waals surface area contributed by atoms with Crippen LogP contribution in [0.15, 0.2) is 6.33 Å². The van der Waals surface area contributed by atoms with Crippen molar-refractivity contribution in [3.63, 3.8) is 0 Å². The molecule has 0 aliphatic rings. The second kappa shape index (κ2) is 3.81. The van der Waals surface area contributed by atoms with E-state index in [-0.39, 0.29) is 0 Å². The lowest BCUT2D eigenvalue weighted by Crippen LogP contribution is -2.36. The molecular formula is C5H11N5O2S. The molecule has 0 spiro atoms. The topological polar surface area (TPSA) is 99.8 Å². The minimum atomic E-state index is -3.43. The SMILES string of the molecule is CNS(=O)(=O)NC(C)c1ncn[nH]1. The minimum absolute atomic E-state index is 0.431. The standard InChI is InChI=1S/C5H11N5O2S/c1-4(5-7-3-8-9-5)10-13(11,12)6-2/h3-4,6,10H,1-2H3,(H,7,8,9). The molecule has 0 aromatic carbocycles. The molecule has 1 heterocycles. The third-order valence-corrected chi connectivity index (χ3v) is 2.65. The van der Waals surface area contributed by atoms with Gasteiger partial charge in [0, 0.05) is 7.05 Å². The first-order valence-corrected chi connectivity index (χ1v) is 5.09. The van der Waals surface area contributed by atoms with Crippen molar-refractivity contribution in [1.29, 1.82) is 0 Å². The predicted molar refractivity (Wildman–Crippen MR) is 45.9 cm³/mol. The summed E-state index contributed by atoms with van der Waals surface area (Å²) in [6.45, 7) is 1.66. The van der Waals surface area contributed by atoms with Crippen LogP contribution in [0.2, 0.25) is 0 Å². The number of rotatable bonds is 4. The first-order chi connectivity index (χ1) is 6.05. The molecular weight excluding hydrogens is 194 g/mol. The molecule has 13 heavy (non-hydrogen) atoms. The van der Waals surface area contributed by atoms with E-state index in [9.17, 15) is 8.42 Å². The maximum atomic E-state index is 11.0. The van der Waals surface area contributed by atoms with E-state index < -0.39 is 16.3 Å². The number of H-pyrrole nitrogens is 1. The summed E-state index contributed by atoms with van der Waals surface area (Å²) < 4.78 is 26.5. The summed E-state index contributed by atoms with van der Waals surface area (Å²) in [5, 5.41) is 6.18. The van der Waals surface area contributed by atoms with Gasteiger partial charge in [-0.15, -0.1) is 0 Å². The maximum Gasteiger partial charge on any atom is 0.277 e. The molecule has 0 aliphatic carbocycles. The van der Waals surface area contributed by atoms with Crippen molar-refractivity contribution < 1.29 is 8.42 Å². The Morgan fingerprint density at radius 2 is 2.31 bits per heavy atom. The van der Waals surface area contributed by atoms with E-state index in [2.05, 4.69) is 24.6 Å². The van der Waals surface area contributed by atoms with E-state index in [1.807, 2.05) is 0 Å². The van der Waals surface area contributed by atoms with E-state index in [4.69, 9.17) is 0 Å². The fourth-order valence-electron chi connectivity index (χ4n) is 0.771. The highest BCUT2D eigenvalue weighted by molar-refractivity contribution is 7.87. The Bertz CT molecular complexity index is 345. The van der Waals surface area contributed by atoms with Crippen molar-refractivity contribution >= 4 is 10.2 Å². The molecule has 3 N–H and O–H groups in total. The Hall–Kier alpha value is -0.990. The highest BCUT2D eigenvalue weighted by atomic mass is 32.2. The molecule has 0 bridgehead atoms. The van der Waals surface area contributed by atoms with Gasteiger partial charge in [0.2, 0.25) is 0 Å². The summed E-state index contributed by atoms with van der Waals surface area (Å²) in [5.74, 6) is 0.471. The molecule has 1 aromatic heterocycles. The van der Waals surface area contributed by atoms with Crippen LogP contribution in [-0.2, 0) is 10.2 Å². The number of aromatic nitrogens is 3. The lowest BCUT2D eigenvalue weighted by molar-refractivity contribution is 0.552. The number of nitrogens with one attached hydrogen (secondary N) is 3. The highest BCUT2D eigenvalue weighted by Crippen LogP contribution is 2.04. The summed E-state index contributed by atoms with van der Waals surface area (Å²) in [7, 11) is -2.10. The number of aromatic amines is 1. The van der Waals surface area contributed by atoms with Gasteiger partial charge in [-0.3, -0.25) is 5.10 Å². The molecule has 1 rings (SSSR count). The quantitative estimate of drug-likeness (QED) is 0.582. The Morgan fingerprint density at radius 3 is 2.77 bits per heavy atom. The summed E-state index contributed by atoms with van der Waals surface area (Å²) >= 11 is 0. The Kier molecular flexibility index (Phi) is 2.96. The van der Waals surface area contributed by atoms with Crippen LogP contribution in [0, 0.1) is 0 Å². The lowest BCUT2D eigenvalue weighted by atomic mass is 10.3. The molecule has 0 radical (unpaired) electrons. The summed E-state index contributed by atoms with van der Waals surface area (Å²) in [4.78, 5) is 3.81. The van der Waals surface area contributed by atoms with Gasteiger partial charge >= 0.3 is 0 Å². The molecule has 0 aliphatic heterocycles. The number of hydrogen-bond acceptors (Lipinski definition) is 4. The fraction of sp³-hybridized carbons (Fsp3) is 0.600. The Morgan fingerprint density at radius 1 is 1.62 bits per heavy atom. The summed E-state index contributed by atoms with van der Waals surface area (Å²) in [6.07, 6.45) is 1.32. The van der Waals surface area contributed by atoms with E-state index in [1.165, 1.54) is 13.4 Å². The van der Waals surface area contributed by atoms with E-state index >= 15 is 0 Å². The first-order valence-electron chi connectivity index (χ1n) is 3.61. The number of nitrogens with zero attached hydrogens (tertiary/aromatic N) is 2. The summed E-state index contributed by atoms with van der Waals surface area (Å²) in [5.41, 5.74) is 0. The van der Waals surface area contributed by atoms with E-state index in [0.29, 0.717) is 5.82 Å². The fourth-order valence-corrected chi connectivity index (χ4v) is 1.47. The van der Waals surface area contributed by atoms with Crippen molar-refractivity contribution in [2.24, 2.45) is 0 Å². The van der Waals surface area contributed by atoms with Gasteiger partial charge in [0.05, 0.1) is 6.04 Å². The average Bonchev–Trinajstić information content (AvgIpc) is 2.55. The van der Waals surface area contributed by atoms with Gasteiger partial charge in [-0.05, 0) is 6.92 Å². The number of hydrogen-bond donors (Lipinski definition) is 3. The van der Waals surface area contributed by atoms with Crippen molar-refractivity contribution in [3.8, 4) is 0 Å². The van der Waals surface area contributed by atoms with Crippen LogP contribution in [0.5, 0.6) is 0 Å². The van der Waals surface area contributed by atoms with Gasteiger partial charge in [0.1, 0.15) is 12.2 Å². The van der Waals surface area contributed by atoms with E-state index in [1.54, 1.807) is 6.92 Å². The molecule has 8 heteroatoms. The van der Waals surface area contributed by atoms with Gasteiger partial charge < -0.3 is 0 Å². The van der Waals surface area contributed by atoms with Crippen LogP contribution < -0.4 is 9.44 Å². The largest absolute Gasteiger partial charge is 0.277 e. The molecule has 0 fully saturated rings. The summed E-state index contributed by atoms with van der Waals surface area (Å²) in [6, 6.07) is -0.431. The van der Waals surface area contributed by atoms with Gasteiger partial charge in [-0.25, -0.2) is 9.71 Å². The normalized spacial score (nSPS) is 14.3. The molecule has 7 nitrogen and oxygen atoms in total. The molecule has 1 unspecified atom stereocenters. The zero-order chi connectivity index (χ0) is 9.90. The first kappa shape index (κ1) is 10.1. The van der Waals surface area contributed by atoms with Gasteiger partial charge in [-0.1, -0.05) is 0 Å². The van der Waals surface area contributed by atoms with Crippen molar-refractivity contribution in [1.82, 2.24) is 24.6 Å². The van der Waals surface area contributed by atoms with Crippen LogP contribution in [0.25, 0.3) is 0 Å². The van der Waals surface area contributed by atoms with Gasteiger partial charge in [-0.2, -0.15) is 18.2 Å². The molecule has 0 saturated heterocycles. The molecule has 0 amide bonds. The molecule has 0 saturated carbocycles. The second-order valence-corrected chi connectivity index (χ2v) is 4.07. The monoisotopic (exact) mass is 205 g/mol. The maximum absolute atomic E-state index is 11.0.